The average molecular weight is 278 g/mol. The molecule has 2 aromatic heterocycles. The van der Waals surface area contributed by atoms with E-state index in [1.165, 1.54) is 10.9 Å². The Labute approximate surface area is 120 Å². The topological polar surface area (TPSA) is 87.6 Å². The van der Waals surface area contributed by atoms with Crippen LogP contribution in [0.2, 0.25) is 0 Å². The highest BCUT2D eigenvalue weighted by molar-refractivity contribution is 5.92. The average Bonchev–Trinajstić information content (AvgIpc) is 3.14. The SMILES string of the molecule is NC(=O)c1nc2ccccc2[nH]1.c1ccc2[nH]ccc2c1. The fraction of sp³-hybridized carbons (Fsp3) is 0. The third kappa shape index (κ3) is 2.76. The zero-order valence-corrected chi connectivity index (χ0v) is 11.2. The molecule has 21 heavy (non-hydrogen) atoms. The zero-order chi connectivity index (χ0) is 14.7. The third-order valence-electron chi connectivity index (χ3n) is 3.09. The highest BCUT2D eigenvalue weighted by Gasteiger charge is 2.05. The molecule has 5 heteroatoms. The molecule has 0 fully saturated rings. The number of nitrogens with zero attached hydrogens (tertiary/aromatic N) is 1. The van der Waals surface area contributed by atoms with Gasteiger partial charge in [-0.3, -0.25) is 4.79 Å². The molecule has 0 aliphatic carbocycles. The first-order valence-electron chi connectivity index (χ1n) is 6.51. The van der Waals surface area contributed by atoms with Gasteiger partial charge in [0.2, 0.25) is 0 Å². The number of primary amides is 1. The number of hydrogen-bond acceptors (Lipinski definition) is 2. The molecule has 0 bridgehead atoms. The Bertz CT molecular complexity index is 828. The normalized spacial score (nSPS) is 10.3. The van der Waals surface area contributed by atoms with E-state index >= 15 is 0 Å². The third-order valence-corrected chi connectivity index (χ3v) is 3.09. The lowest BCUT2D eigenvalue weighted by atomic mass is 10.3. The molecule has 1 amide bonds. The molecule has 0 atom stereocenters. The quantitative estimate of drug-likeness (QED) is 0.500. The fourth-order valence-corrected chi connectivity index (χ4v) is 2.06. The maximum atomic E-state index is 10.7. The number of H-pyrrole nitrogens is 2. The van der Waals surface area contributed by atoms with Crippen LogP contribution in [0, 0.1) is 0 Å². The molecule has 0 radical (unpaired) electrons. The summed E-state index contributed by atoms with van der Waals surface area (Å²) in [6, 6.07) is 17.7. The molecule has 0 spiro atoms. The van der Waals surface area contributed by atoms with Crippen molar-refractivity contribution >= 4 is 27.8 Å². The van der Waals surface area contributed by atoms with Crippen LogP contribution in [0.3, 0.4) is 0 Å². The van der Waals surface area contributed by atoms with E-state index in [0.717, 1.165) is 11.0 Å². The molecule has 0 aliphatic heterocycles. The minimum atomic E-state index is -0.536. The van der Waals surface area contributed by atoms with Gasteiger partial charge < -0.3 is 15.7 Å². The lowest BCUT2D eigenvalue weighted by Crippen LogP contribution is -2.12. The number of fused-ring (bicyclic) bond motifs is 2. The second-order valence-electron chi connectivity index (χ2n) is 4.53. The minimum absolute atomic E-state index is 0.205. The summed E-state index contributed by atoms with van der Waals surface area (Å²) in [7, 11) is 0. The molecule has 5 nitrogen and oxygen atoms in total. The van der Waals surface area contributed by atoms with Gasteiger partial charge in [0.25, 0.3) is 5.91 Å². The summed E-state index contributed by atoms with van der Waals surface area (Å²) in [6.45, 7) is 0. The van der Waals surface area contributed by atoms with Crippen LogP contribution in [0.25, 0.3) is 21.9 Å². The van der Waals surface area contributed by atoms with Crippen LogP contribution >= 0.6 is 0 Å². The molecular weight excluding hydrogens is 264 g/mol. The van der Waals surface area contributed by atoms with Gasteiger partial charge in [0.05, 0.1) is 11.0 Å². The first-order chi connectivity index (χ1) is 10.2. The molecule has 0 aliphatic rings. The van der Waals surface area contributed by atoms with Crippen LogP contribution in [0.5, 0.6) is 0 Å². The molecule has 104 valence electrons. The minimum Gasteiger partial charge on any atom is -0.363 e. The number of carbonyl (C=O) groups is 1. The van der Waals surface area contributed by atoms with Crippen molar-refractivity contribution in [2.24, 2.45) is 5.73 Å². The molecule has 0 saturated carbocycles. The smallest absolute Gasteiger partial charge is 0.284 e. The van der Waals surface area contributed by atoms with Crippen LogP contribution in [0.1, 0.15) is 10.6 Å². The fourth-order valence-electron chi connectivity index (χ4n) is 2.06. The molecule has 0 unspecified atom stereocenters. The molecule has 2 heterocycles. The maximum Gasteiger partial charge on any atom is 0.284 e. The number of amides is 1. The lowest BCUT2D eigenvalue weighted by molar-refractivity contribution is 0.0991. The van der Waals surface area contributed by atoms with Crippen LogP contribution in [-0.2, 0) is 0 Å². The number of hydrogen-bond donors (Lipinski definition) is 3. The van der Waals surface area contributed by atoms with Crippen molar-refractivity contribution in [3.63, 3.8) is 0 Å². The summed E-state index contributed by atoms with van der Waals surface area (Å²) in [5.74, 6) is -0.331. The van der Waals surface area contributed by atoms with Crippen molar-refractivity contribution in [3.8, 4) is 0 Å². The number of aromatic amines is 2. The summed E-state index contributed by atoms with van der Waals surface area (Å²) in [4.78, 5) is 20.6. The first-order valence-corrected chi connectivity index (χ1v) is 6.51. The van der Waals surface area contributed by atoms with Crippen molar-refractivity contribution in [1.29, 1.82) is 0 Å². The van der Waals surface area contributed by atoms with Crippen molar-refractivity contribution in [2.75, 3.05) is 0 Å². The molecule has 4 N–H and O–H groups in total. The zero-order valence-electron chi connectivity index (χ0n) is 11.2. The van der Waals surface area contributed by atoms with Gasteiger partial charge in [0, 0.05) is 11.7 Å². The second kappa shape index (κ2) is 5.50. The van der Waals surface area contributed by atoms with E-state index in [0.29, 0.717) is 0 Å². The number of imidazole rings is 1. The Morgan fingerprint density at radius 3 is 2.38 bits per heavy atom. The van der Waals surface area contributed by atoms with E-state index in [2.05, 4.69) is 33.2 Å². The van der Waals surface area contributed by atoms with Gasteiger partial charge in [-0.05, 0) is 29.7 Å². The van der Waals surface area contributed by atoms with Gasteiger partial charge in [0.15, 0.2) is 5.82 Å². The second-order valence-corrected chi connectivity index (χ2v) is 4.53. The number of aromatic nitrogens is 3. The Balaban J connectivity index is 0.000000131. The van der Waals surface area contributed by atoms with Gasteiger partial charge in [-0.25, -0.2) is 4.98 Å². The Hall–Kier alpha value is -3.08. The molecule has 4 rings (SSSR count). The number of para-hydroxylation sites is 3. The van der Waals surface area contributed by atoms with E-state index in [9.17, 15) is 4.79 Å². The Kier molecular flexibility index (Phi) is 3.39. The van der Waals surface area contributed by atoms with Crippen LogP contribution < -0.4 is 5.73 Å². The maximum absolute atomic E-state index is 10.7. The number of carbonyl (C=O) groups excluding carboxylic acids is 1. The van der Waals surface area contributed by atoms with Gasteiger partial charge >= 0.3 is 0 Å². The molecule has 2 aromatic carbocycles. The highest BCUT2D eigenvalue weighted by atomic mass is 16.1. The summed E-state index contributed by atoms with van der Waals surface area (Å²) < 4.78 is 0. The first kappa shape index (κ1) is 12.9. The summed E-state index contributed by atoms with van der Waals surface area (Å²) in [6.07, 6.45) is 1.95. The van der Waals surface area contributed by atoms with E-state index in [1.54, 1.807) is 0 Å². The van der Waals surface area contributed by atoms with E-state index in [-0.39, 0.29) is 5.82 Å². The molecule has 4 aromatic rings. The Morgan fingerprint density at radius 1 is 0.952 bits per heavy atom. The van der Waals surface area contributed by atoms with Crippen LogP contribution in [0.4, 0.5) is 0 Å². The number of rotatable bonds is 1. The van der Waals surface area contributed by atoms with Crippen LogP contribution in [-0.4, -0.2) is 20.9 Å². The lowest BCUT2D eigenvalue weighted by Gasteiger charge is -1.83. The van der Waals surface area contributed by atoms with Crippen LogP contribution in [0.15, 0.2) is 60.8 Å². The summed E-state index contributed by atoms with van der Waals surface area (Å²) in [5, 5.41) is 1.28. The monoisotopic (exact) mass is 278 g/mol. The van der Waals surface area contributed by atoms with Crippen molar-refractivity contribution in [1.82, 2.24) is 15.0 Å². The van der Waals surface area contributed by atoms with Crippen molar-refractivity contribution < 1.29 is 4.79 Å². The number of nitrogens with one attached hydrogen (secondary N) is 2. The van der Waals surface area contributed by atoms with Crippen molar-refractivity contribution in [2.45, 2.75) is 0 Å². The summed E-state index contributed by atoms with van der Waals surface area (Å²) >= 11 is 0. The van der Waals surface area contributed by atoms with E-state index in [1.807, 2.05) is 42.6 Å². The van der Waals surface area contributed by atoms with E-state index < -0.39 is 5.91 Å². The van der Waals surface area contributed by atoms with Gasteiger partial charge in [-0.15, -0.1) is 0 Å². The largest absolute Gasteiger partial charge is 0.363 e. The van der Waals surface area contributed by atoms with Gasteiger partial charge in [-0.2, -0.15) is 0 Å². The van der Waals surface area contributed by atoms with Gasteiger partial charge in [0.1, 0.15) is 0 Å². The standard InChI is InChI=1S/C8H7N3O.C8H7N/c9-7(12)8-10-5-3-1-2-4-6(5)11-8;1-2-4-8-7(3-1)5-6-9-8/h1-4H,(H2,9,12)(H,10,11);1-6,9H. The van der Waals surface area contributed by atoms with E-state index in [4.69, 9.17) is 5.73 Å². The summed E-state index contributed by atoms with van der Waals surface area (Å²) in [5.41, 5.74) is 7.83. The Morgan fingerprint density at radius 2 is 1.67 bits per heavy atom. The predicted octanol–water partition coefficient (Wildman–Crippen LogP) is 2.83. The number of nitrogens with two attached hydrogens (primary N) is 1. The predicted molar refractivity (Wildman–Crippen MR) is 82.9 cm³/mol. The molecule has 0 saturated heterocycles. The highest BCUT2D eigenvalue weighted by Crippen LogP contribution is 2.10. The van der Waals surface area contributed by atoms with Crippen molar-refractivity contribution in [3.05, 3.63) is 66.6 Å². The number of benzene rings is 2. The van der Waals surface area contributed by atoms with Gasteiger partial charge in [-0.1, -0.05) is 30.3 Å². The molecular formula is C16H14N4O.